The number of sulfone groups is 1. The van der Waals surface area contributed by atoms with Gasteiger partial charge in [-0.25, -0.2) is 12.8 Å². The number of hydrogen-bond acceptors (Lipinski definition) is 4. The Morgan fingerprint density at radius 2 is 1.96 bits per heavy atom. The number of carbonyl (C=O) groups excluding carboxylic acids is 2. The molecule has 3 rings (SSSR count). The summed E-state index contributed by atoms with van der Waals surface area (Å²) in [4.78, 5) is 24.7. The number of rotatable bonds is 3. The zero-order valence-corrected chi connectivity index (χ0v) is 15.0. The van der Waals surface area contributed by atoms with Crippen LogP contribution in [0.3, 0.4) is 0 Å². The average Bonchev–Trinajstić information content (AvgIpc) is 2.54. The fourth-order valence-corrected chi connectivity index (χ4v) is 3.50. The van der Waals surface area contributed by atoms with Crippen molar-refractivity contribution in [3.63, 3.8) is 0 Å². The molecule has 2 N–H and O–H groups in total. The average molecular weight is 376 g/mol. The molecular formula is C18H17FN2O4S. The molecule has 1 heterocycles. The summed E-state index contributed by atoms with van der Waals surface area (Å²) in [6.45, 7) is 1.73. The highest BCUT2D eigenvalue weighted by molar-refractivity contribution is 7.90. The number of hydrogen-bond donors (Lipinski definition) is 2. The fraction of sp³-hybridized carbons (Fsp3) is 0.222. The second kappa shape index (κ2) is 6.53. The van der Waals surface area contributed by atoms with E-state index in [1.807, 2.05) is 0 Å². The predicted molar refractivity (Wildman–Crippen MR) is 95.3 cm³/mol. The summed E-state index contributed by atoms with van der Waals surface area (Å²) in [5.74, 6) is -2.14. The molecule has 1 aliphatic heterocycles. The molecule has 2 amide bonds. The normalized spacial score (nSPS) is 16.6. The summed E-state index contributed by atoms with van der Waals surface area (Å²) < 4.78 is 36.8. The van der Waals surface area contributed by atoms with Crippen LogP contribution in [0.25, 0.3) is 0 Å². The van der Waals surface area contributed by atoms with Crippen LogP contribution in [0, 0.1) is 12.7 Å². The van der Waals surface area contributed by atoms with Crippen molar-refractivity contribution in [3.8, 4) is 0 Å². The van der Waals surface area contributed by atoms with Crippen molar-refractivity contribution < 1.29 is 22.4 Å². The van der Waals surface area contributed by atoms with Crippen LogP contribution in [-0.4, -0.2) is 26.5 Å². The molecule has 136 valence electrons. The van der Waals surface area contributed by atoms with Crippen LogP contribution in [0.2, 0.25) is 0 Å². The number of aryl methyl sites for hydroxylation is 1. The van der Waals surface area contributed by atoms with Gasteiger partial charge in [-0.15, -0.1) is 0 Å². The molecule has 0 saturated carbocycles. The zero-order chi connectivity index (χ0) is 19.1. The number of anilines is 2. The SMILES string of the molecule is Cc1ccc(S(C)(=O)=O)cc1NC(=O)C1CC(=O)Nc2cc(F)ccc21. The first-order valence-corrected chi connectivity index (χ1v) is 9.75. The topological polar surface area (TPSA) is 92.3 Å². The van der Waals surface area contributed by atoms with E-state index in [9.17, 15) is 22.4 Å². The minimum Gasteiger partial charge on any atom is -0.326 e. The lowest BCUT2D eigenvalue weighted by molar-refractivity contribution is -0.123. The molecular weight excluding hydrogens is 359 g/mol. The van der Waals surface area contributed by atoms with Crippen molar-refractivity contribution in [1.29, 1.82) is 0 Å². The van der Waals surface area contributed by atoms with E-state index >= 15 is 0 Å². The van der Waals surface area contributed by atoms with E-state index in [2.05, 4.69) is 10.6 Å². The number of benzene rings is 2. The molecule has 2 aromatic rings. The Hall–Kier alpha value is -2.74. The van der Waals surface area contributed by atoms with E-state index in [1.165, 1.54) is 30.3 Å². The van der Waals surface area contributed by atoms with Gasteiger partial charge in [-0.1, -0.05) is 12.1 Å². The lowest BCUT2D eigenvalue weighted by Gasteiger charge is -2.25. The molecule has 8 heteroatoms. The van der Waals surface area contributed by atoms with Gasteiger partial charge in [-0.05, 0) is 42.3 Å². The Balaban J connectivity index is 1.93. The number of halogens is 1. The van der Waals surface area contributed by atoms with Gasteiger partial charge >= 0.3 is 0 Å². The third kappa shape index (κ3) is 3.60. The van der Waals surface area contributed by atoms with Crippen LogP contribution >= 0.6 is 0 Å². The van der Waals surface area contributed by atoms with Gasteiger partial charge in [0.15, 0.2) is 9.84 Å². The quantitative estimate of drug-likeness (QED) is 0.861. The van der Waals surface area contributed by atoms with Crippen molar-refractivity contribution in [1.82, 2.24) is 0 Å². The van der Waals surface area contributed by atoms with E-state index in [0.717, 1.165) is 6.26 Å². The van der Waals surface area contributed by atoms with Gasteiger partial charge in [0.1, 0.15) is 5.82 Å². The van der Waals surface area contributed by atoms with Crippen LogP contribution in [0.15, 0.2) is 41.3 Å². The molecule has 0 aliphatic carbocycles. The monoisotopic (exact) mass is 376 g/mol. The molecule has 1 atom stereocenters. The van der Waals surface area contributed by atoms with Crippen LogP contribution in [0.5, 0.6) is 0 Å². The molecule has 0 fully saturated rings. The Bertz CT molecular complexity index is 1020. The molecule has 6 nitrogen and oxygen atoms in total. The van der Waals surface area contributed by atoms with Crippen LogP contribution in [0.4, 0.5) is 15.8 Å². The lowest BCUT2D eigenvalue weighted by atomic mass is 9.89. The van der Waals surface area contributed by atoms with Gasteiger partial charge in [-0.2, -0.15) is 0 Å². The third-order valence-electron chi connectivity index (χ3n) is 4.27. The molecule has 26 heavy (non-hydrogen) atoms. The molecule has 1 unspecified atom stereocenters. The van der Waals surface area contributed by atoms with Crippen molar-refractivity contribution in [2.24, 2.45) is 0 Å². The first kappa shape index (κ1) is 18.1. The Labute approximate surface area is 150 Å². The van der Waals surface area contributed by atoms with Crippen molar-refractivity contribution in [2.75, 3.05) is 16.9 Å². The Morgan fingerprint density at radius 1 is 1.23 bits per heavy atom. The van der Waals surface area contributed by atoms with Gasteiger partial charge in [0.2, 0.25) is 11.8 Å². The largest absolute Gasteiger partial charge is 0.326 e. The summed E-state index contributed by atoms with van der Waals surface area (Å²) in [5, 5.41) is 5.24. The van der Waals surface area contributed by atoms with E-state index in [0.29, 0.717) is 16.8 Å². The summed E-state index contributed by atoms with van der Waals surface area (Å²) >= 11 is 0. The molecule has 0 saturated heterocycles. The van der Waals surface area contributed by atoms with Crippen LogP contribution in [-0.2, 0) is 19.4 Å². The second-order valence-corrected chi connectivity index (χ2v) is 8.29. The van der Waals surface area contributed by atoms with Crippen molar-refractivity contribution in [3.05, 3.63) is 53.3 Å². The number of fused-ring (bicyclic) bond motifs is 1. The van der Waals surface area contributed by atoms with Gasteiger partial charge in [0.05, 0.1) is 10.8 Å². The number of amides is 2. The van der Waals surface area contributed by atoms with Gasteiger partial charge < -0.3 is 10.6 Å². The highest BCUT2D eigenvalue weighted by Gasteiger charge is 2.31. The minimum atomic E-state index is -3.42. The molecule has 1 aliphatic rings. The second-order valence-electron chi connectivity index (χ2n) is 6.27. The van der Waals surface area contributed by atoms with E-state index in [-0.39, 0.29) is 22.9 Å². The van der Waals surface area contributed by atoms with E-state index in [1.54, 1.807) is 13.0 Å². The first-order chi connectivity index (χ1) is 12.1. The highest BCUT2D eigenvalue weighted by Crippen LogP contribution is 2.34. The molecule has 0 radical (unpaired) electrons. The standard InChI is InChI=1S/C18H17FN2O4S/c1-10-3-5-12(26(2,24)25)8-15(10)21-18(23)14-9-17(22)20-16-7-11(19)4-6-13(14)16/h3-8,14H,9H2,1-2H3,(H,20,22)(H,21,23). The molecule has 0 bridgehead atoms. The first-order valence-electron chi connectivity index (χ1n) is 7.86. The van der Waals surface area contributed by atoms with Gasteiger partial charge in [-0.3, -0.25) is 9.59 Å². The van der Waals surface area contributed by atoms with Crippen molar-refractivity contribution in [2.45, 2.75) is 24.2 Å². The zero-order valence-electron chi connectivity index (χ0n) is 14.2. The molecule has 0 spiro atoms. The molecule has 2 aromatic carbocycles. The maximum absolute atomic E-state index is 13.4. The fourth-order valence-electron chi connectivity index (χ4n) is 2.86. The summed E-state index contributed by atoms with van der Waals surface area (Å²) in [6.07, 6.45) is 1.01. The lowest BCUT2D eigenvalue weighted by Crippen LogP contribution is -2.31. The maximum Gasteiger partial charge on any atom is 0.232 e. The van der Waals surface area contributed by atoms with Gasteiger partial charge in [0.25, 0.3) is 0 Å². The predicted octanol–water partition coefficient (Wildman–Crippen LogP) is 2.60. The summed E-state index contributed by atoms with van der Waals surface area (Å²) in [7, 11) is -3.42. The van der Waals surface area contributed by atoms with E-state index < -0.39 is 27.5 Å². The van der Waals surface area contributed by atoms with E-state index in [4.69, 9.17) is 0 Å². The van der Waals surface area contributed by atoms with Crippen LogP contribution in [0.1, 0.15) is 23.5 Å². The maximum atomic E-state index is 13.4. The smallest absolute Gasteiger partial charge is 0.232 e. The third-order valence-corrected chi connectivity index (χ3v) is 5.38. The van der Waals surface area contributed by atoms with Crippen molar-refractivity contribution >= 4 is 33.0 Å². The number of nitrogens with one attached hydrogen (secondary N) is 2. The summed E-state index contributed by atoms with van der Waals surface area (Å²) in [5.41, 5.74) is 1.82. The summed E-state index contributed by atoms with van der Waals surface area (Å²) in [6, 6.07) is 8.31. The number of carbonyl (C=O) groups is 2. The highest BCUT2D eigenvalue weighted by atomic mass is 32.2. The molecule has 0 aromatic heterocycles. The van der Waals surface area contributed by atoms with Crippen LogP contribution < -0.4 is 10.6 Å². The van der Waals surface area contributed by atoms with Gasteiger partial charge in [0, 0.05) is 24.1 Å². The minimum absolute atomic E-state index is 0.0741. The Morgan fingerprint density at radius 3 is 2.65 bits per heavy atom. The Kier molecular flexibility index (Phi) is 4.53.